The van der Waals surface area contributed by atoms with Gasteiger partial charge in [-0.2, -0.15) is 26.7 Å². The number of nitrogens with two attached hydrogens (primary N) is 1. The topological polar surface area (TPSA) is 78.0 Å². The van der Waals surface area contributed by atoms with Gasteiger partial charge in [-0.05, 0) is 60.9 Å². The van der Waals surface area contributed by atoms with Crippen molar-refractivity contribution in [3.05, 3.63) is 65.4 Å². The van der Waals surface area contributed by atoms with Crippen LogP contribution in [-0.4, -0.2) is 18.2 Å². The quantitative estimate of drug-likeness (QED) is 0.653. The highest BCUT2D eigenvalue weighted by atomic mass is 32.1. The molecular weight excluding hydrogens is 391 g/mol. The maximum Gasteiger partial charge on any atom is 0.435 e. The molecule has 3 aromatic rings. The number of benzene rings is 2. The first kappa shape index (κ1) is 21.4. The van der Waals surface area contributed by atoms with Crippen molar-refractivity contribution in [2.45, 2.75) is 26.4 Å². The molecule has 2 N–H and O–H groups in total. The number of hydrogen-bond acceptors (Lipinski definition) is 4. The predicted molar refractivity (Wildman–Crippen MR) is 101 cm³/mol. The van der Waals surface area contributed by atoms with E-state index >= 15 is 0 Å². The number of rotatable bonds is 3. The van der Waals surface area contributed by atoms with E-state index in [0.717, 1.165) is 23.6 Å². The molecule has 0 aliphatic carbocycles. The highest BCUT2D eigenvalue weighted by Gasteiger charge is 2.35. The van der Waals surface area contributed by atoms with Gasteiger partial charge in [0.2, 0.25) is 0 Å². The summed E-state index contributed by atoms with van der Waals surface area (Å²) in [5.74, 6) is 0. The first-order chi connectivity index (χ1) is 13.2. The van der Waals surface area contributed by atoms with Crippen molar-refractivity contribution in [2.24, 2.45) is 0 Å². The third kappa shape index (κ3) is 4.86. The first-order valence-corrected chi connectivity index (χ1v) is 8.92. The van der Waals surface area contributed by atoms with Crippen LogP contribution < -0.4 is 5.73 Å². The van der Waals surface area contributed by atoms with E-state index in [2.05, 4.69) is 5.10 Å². The van der Waals surface area contributed by atoms with Crippen molar-refractivity contribution < 1.29 is 21.6 Å². The highest BCUT2D eigenvalue weighted by Crippen LogP contribution is 2.34. The molecule has 0 spiro atoms. The fourth-order valence-electron chi connectivity index (χ4n) is 2.75. The highest BCUT2D eigenvalue weighted by molar-refractivity contribution is 7.51. The van der Waals surface area contributed by atoms with Crippen LogP contribution in [0.5, 0.6) is 0 Å². The number of aryl methyl sites for hydroxylation is 2. The zero-order valence-corrected chi connectivity index (χ0v) is 16.0. The zero-order valence-electron chi connectivity index (χ0n) is 15.2. The third-order valence-corrected chi connectivity index (χ3v) is 4.16. The van der Waals surface area contributed by atoms with E-state index in [4.69, 9.17) is 14.2 Å². The molecule has 0 saturated heterocycles. The van der Waals surface area contributed by atoms with E-state index < -0.39 is 23.4 Å². The zero-order chi connectivity index (χ0) is 20.9. The summed E-state index contributed by atoms with van der Waals surface area (Å²) in [6.45, 7) is 4.01. The Morgan fingerprint density at radius 1 is 1.07 bits per heavy atom. The summed E-state index contributed by atoms with van der Waals surface area (Å²) in [6, 6.07) is 13.3. The van der Waals surface area contributed by atoms with Gasteiger partial charge >= 0.3 is 17.7 Å². The number of aromatic nitrogens is 2. The first-order valence-electron chi connectivity index (χ1n) is 8.26. The molecule has 0 amide bonds. The molecule has 0 saturated carbocycles. The Morgan fingerprint density at radius 2 is 1.68 bits per heavy atom. The van der Waals surface area contributed by atoms with Crippen LogP contribution in [-0.2, 0) is 24.2 Å². The van der Waals surface area contributed by atoms with Gasteiger partial charge in [0, 0.05) is 11.3 Å². The second-order valence-electron chi connectivity index (χ2n) is 5.98. The molecule has 0 fully saturated rings. The van der Waals surface area contributed by atoms with E-state index in [1.807, 2.05) is 32.0 Å². The Kier molecular flexibility index (Phi) is 6.74. The minimum Gasteiger partial charge on any atom is -0.399 e. The average Bonchev–Trinajstić information content (AvgIpc) is 3.09. The lowest BCUT2D eigenvalue weighted by molar-refractivity contribution is -0.141. The van der Waals surface area contributed by atoms with E-state index in [1.54, 1.807) is 24.3 Å². The lowest BCUT2D eigenvalue weighted by Crippen LogP contribution is -2.07. The van der Waals surface area contributed by atoms with E-state index in [9.17, 15) is 13.2 Å². The van der Waals surface area contributed by atoms with Crippen LogP contribution in [0.2, 0.25) is 0 Å². The smallest absolute Gasteiger partial charge is 0.399 e. The summed E-state index contributed by atoms with van der Waals surface area (Å²) in [7, 11) is 0. The Bertz CT molecular complexity index is 993. The molecule has 0 bridgehead atoms. The minimum atomic E-state index is -4.51. The summed E-state index contributed by atoms with van der Waals surface area (Å²) in [4.78, 5) is 0. The lowest BCUT2D eigenvalue weighted by atomic mass is 10.0. The number of nitrogen functional groups attached to an aromatic ring is 1. The summed E-state index contributed by atoms with van der Waals surface area (Å²) >= 11 is -0.750. The molecule has 0 unspecified atom stereocenters. The number of nitrogens with zero attached hydrogens (tertiary/aromatic N) is 2. The average molecular weight is 409 g/mol. The number of halogens is 3. The SMILES string of the molecule is CCc1cc(-c2cc(C(F)(F)F)nn2-c2ccc(N)cc2)ccc1C.O=S=O. The van der Waals surface area contributed by atoms with Gasteiger partial charge in [0.25, 0.3) is 0 Å². The van der Waals surface area contributed by atoms with Gasteiger partial charge in [-0.25, -0.2) is 4.68 Å². The van der Waals surface area contributed by atoms with Crippen molar-refractivity contribution in [2.75, 3.05) is 5.73 Å². The van der Waals surface area contributed by atoms with Gasteiger partial charge in [0.05, 0.1) is 11.4 Å². The Balaban J connectivity index is 0.000000878. The largest absolute Gasteiger partial charge is 0.435 e. The standard InChI is InChI=1S/C19H18F3N3.O2S/c1-3-13-10-14(5-4-12(13)2)17-11-18(19(20,21)22)24-25(17)16-8-6-15(23)7-9-16;1-3-2/h4-11H,3,23H2,1-2H3;. The summed E-state index contributed by atoms with van der Waals surface area (Å²) in [5, 5.41) is 3.79. The summed E-state index contributed by atoms with van der Waals surface area (Å²) < 4.78 is 57.5. The van der Waals surface area contributed by atoms with Gasteiger partial charge in [0.1, 0.15) is 0 Å². The summed E-state index contributed by atoms with van der Waals surface area (Å²) in [5.41, 5.74) is 9.12. The van der Waals surface area contributed by atoms with Crippen LogP contribution in [0, 0.1) is 6.92 Å². The lowest BCUT2D eigenvalue weighted by Gasteiger charge is -2.10. The minimum absolute atomic E-state index is 0.395. The molecule has 2 aromatic carbocycles. The second-order valence-corrected chi connectivity index (χ2v) is 6.11. The van der Waals surface area contributed by atoms with Crippen molar-refractivity contribution in [3.8, 4) is 16.9 Å². The molecule has 28 heavy (non-hydrogen) atoms. The molecule has 9 heteroatoms. The Hall–Kier alpha value is -2.94. The van der Waals surface area contributed by atoms with Crippen LogP contribution in [0.15, 0.2) is 48.5 Å². The Morgan fingerprint density at radius 3 is 2.21 bits per heavy atom. The maximum absolute atomic E-state index is 13.2. The molecular formula is C19H18F3N3O2S. The van der Waals surface area contributed by atoms with E-state index in [-0.39, 0.29) is 0 Å². The molecule has 0 aliphatic rings. The van der Waals surface area contributed by atoms with Crippen LogP contribution in [0.4, 0.5) is 18.9 Å². The number of anilines is 1. The Labute approximate surface area is 163 Å². The van der Waals surface area contributed by atoms with Crippen molar-refractivity contribution in [1.29, 1.82) is 0 Å². The number of hydrogen-bond donors (Lipinski definition) is 1. The summed E-state index contributed by atoms with van der Waals surface area (Å²) in [6.07, 6.45) is -3.70. The maximum atomic E-state index is 13.2. The van der Waals surface area contributed by atoms with Gasteiger partial charge < -0.3 is 5.73 Å². The fourth-order valence-corrected chi connectivity index (χ4v) is 2.75. The van der Waals surface area contributed by atoms with Crippen molar-refractivity contribution in [1.82, 2.24) is 9.78 Å². The van der Waals surface area contributed by atoms with Gasteiger partial charge in [-0.3, -0.25) is 0 Å². The molecule has 1 heterocycles. The third-order valence-electron chi connectivity index (χ3n) is 4.16. The van der Waals surface area contributed by atoms with Crippen molar-refractivity contribution >= 4 is 17.3 Å². The van der Waals surface area contributed by atoms with E-state index in [1.165, 1.54) is 4.68 Å². The molecule has 1 aromatic heterocycles. The molecule has 5 nitrogen and oxygen atoms in total. The van der Waals surface area contributed by atoms with Crippen LogP contribution in [0.25, 0.3) is 16.9 Å². The molecule has 0 radical (unpaired) electrons. The predicted octanol–water partition coefficient (Wildman–Crippen LogP) is 4.34. The molecule has 3 rings (SSSR count). The van der Waals surface area contributed by atoms with Crippen LogP contribution >= 0.6 is 0 Å². The molecule has 0 atom stereocenters. The van der Waals surface area contributed by atoms with E-state index in [0.29, 0.717) is 22.6 Å². The van der Waals surface area contributed by atoms with Gasteiger partial charge in [-0.1, -0.05) is 19.1 Å². The van der Waals surface area contributed by atoms with Crippen LogP contribution in [0.1, 0.15) is 23.7 Å². The second kappa shape index (κ2) is 8.83. The molecule has 148 valence electrons. The van der Waals surface area contributed by atoms with Crippen molar-refractivity contribution in [3.63, 3.8) is 0 Å². The van der Waals surface area contributed by atoms with Gasteiger partial charge in [0.15, 0.2) is 5.69 Å². The number of alkyl halides is 3. The fraction of sp³-hybridized carbons (Fsp3) is 0.211. The van der Waals surface area contributed by atoms with Crippen LogP contribution in [0.3, 0.4) is 0 Å². The van der Waals surface area contributed by atoms with Gasteiger partial charge in [-0.15, -0.1) is 0 Å². The normalized spacial score (nSPS) is 10.9. The molecule has 0 aliphatic heterocycles. The monoisotopic (exact) mass is 409 g/mol.